The molecule has 1 fully saturated rings. The first kappa shape index (κ1) is 21.3. The van der Waals surface area contributed by atoms with Crippen LogP contribution < -0.4 is 10.9 Å². The van der Waals surface area contributed by atoms with Crippen LogP contribution in [0, 0.1) is 12.8 Å². The summed E-state index contributed by atoms with van der Waals surface area (Å²) >= 11 is 0. The van der Waals surface area contributed by atoms with Crippen molar-refractivity contribution in [1.82, 2.24) is 9.47 Å². The number of carbonyl (C=O) groups excluding carboxylic acids is 1. The molecule has 0 saturated carbocycles. The van der Waals surface area contributed by atoms with Crippen LogP contribution in [0.5, 0.6) is 0 Å². The molecule has 1 aliphatic rings. The Morgan fingerprint density at radius 1 is 1.03 bits per heavy atom. The summed E-state index contributed by atoms with van der Waals surface area (Å²) in [5.74, 6) is 0.502. The second-order valence-electron chi connectivity index (χ2n) is 8.76. The van der Waals surface area contributed by atoms with Crippen LogP contribution in [0.4, 0.5) is 5.69 Å². The van der Waals surface area contributed by atoms with E-state index in [2.05, 4.69) is 36.3 Å². The van der Waals surface area contributed by atoms with Gasteiger partial charge in [-0.25, -0.2) is 0 Å². The minimum atomic E-state index is -0.0359. The minimum Gasteiger partial charge on any atom is -0.326 e. The number of likely N-dealkylation sites (tertiary alicyclic amines) is 1. The molecular weight excluding hydrogens is 386 g/mol. The molecule has 4 rings (SSSR count). The van der Waals surface area contributed by atoms with Crippen molar-refractivity contribution >= 4 is 22.4 Å². The Kier molecular flexibility index (Phi) is 6.52. The molecule has 31 heavy (non-hydrogen) atoms. The highest BCUT2D eigenvalue weighted by atomic mass is 16.1. The van der Waals surface area contributed by atoms with Gasteiger partial charge in [0.1, 0.15) is 0 Å². The van der Waals surface area contributed by atoms with E-state index in [1.54, 1.807) is 0 Å². The van der Waals surface area contributed by atoms with Crippen molar-refractivity contribution in [2.45, 2.75) is 39.2 Å². The third-order valence-electron chi connectivity index (χ3n) is 6.47. The number of fused-ring (bicyclic) bond motifs is 1. The number of pyridine rings is 1. The number of rotatable bonds is 6. The number of carbonyl (C=O) groups is 1. The van der Waals surface area contributed by atoms with Crippen molar-refractivity contribution in [2.75, 3.05) is 25.5 Å². The number of nitrogens with one attached hydrogen (secondary N) is 1. The molecule has 3 aromatic rings. The summed E-state index contributed by atoms with van der Waals surface area (Å²) in [5, 5.41) is 4.48. The Hall–Kier alpha value is -2.92. The molecular formula is C26H31N3O2. The third kappa shape index (κ3) is 5.05. The number of nitrogens with zero attached hydrogens (tertiary/aromatic N) is 2. The number of hydrogen-bond donors (Lipinski definition) is 1. The first-order chi connectivity index (χ1) is 15.0. The third-order valence-corrected chi connectivity index (χ3v) is 6.47. The smallest absolute Gasteiger partial charge is 0.258 e. The minimum absolute atomic E-state index is 0.0208. The van der Waals surface area contributed by atoms with E-state index in [1.807, 2.05) is 47.2 Å². The van der Waals surface area contributed by atoms with Gasteiger partial charge in [-0.1, -0.05) is 30.3 Å². The van der Waals surface area contributed by atoms with Gasteiger partial charge in [-0.2, -0.15) is 0 Å². The summed E-state index contributed by atoms with van der Waals surface area (Å²) in [4.78, 5) is 28.0. The molecule has 1 N–H and O–H groups in total. The van der Waals surface area contributed by atoms with Crippen molar-refractivity contribution in [3.63, 3.8) is 0 Å². The highest BCUT2D eigenvalue weighted by molar-refractivity contribution is 6.01. The molecule has 0 radical (unpaired) electrons. The Morgan fingerprint density at radius 3 is 2.58 bits per heavy atom. The number of hydrogen-bond acceptors (Lipinski definition) is 3. The summed E-state index contributed by atoms with van der Waals surface area (Å²) in [6, 6.07) is 15.7. The fraction of sp³-hybridized carbons (Fsp3) is 0.385. The first-order valence-electron chi connectivity index (χ1n) is 11.2. The zero-order chi connectivity index (χ0) is 21.8. The molecule has 5 heteroatoms. The van der Waals surface area contributed by atoms with E-state index in [0.717, 1.165) is 37.9 Å². The zero-order valence-electron chi connectivity index (χ0n) is 18.4. The standard InChI is InChI=1S/C26H31N3O2/c1-19-6-3-4-7-21(19)10-11-25(30)27-24-9-5-8-23-22(24)14-17-29(26(23)31)18-20-12-15-28(2)16-13-20/h3-9,14,17,20H,10-13,15-16,18H2,1-2H3,(H,27,30). The van der Waals surface area contributed by atoms with Crippen LogP contribution in [0.2, 0.25) is 0 Å². The van der Waals surface area contributed by atoms with E-state index in [1.165, 1.54) is 11.1 Å². The Morgan fingerprint density at radius 2 is 1.81 bits per heavy atom. The van der Waals surface area contributed by atoms with Crippen LogP contribution in [0.1, 0.15) is 30.4 Å². The van der Waals surface area contributed by atoms with Crippen LogP contribution in [-0.2, 0) is 17.8 Å². The van der Waals surface area contributed by atoms with Gasteiger partial charge in [0.05, 0.1) is 0 Å². The largest absolute Gasteiger partial charge is 0.326 e. The van der Waals surface area contributed by atoms with E-state index >= 15 is 0 Å². The second-order valence-corrected chi connectivity index (χ2v) is 8.76. The van der Waals surface area contributed by atoms with Gasteiger partial charge in [0.15, 0.2) is 0 Å². The van der Waals surface area contributed by atoms with Gasteiger partial charge in [-0.15, -0.1) is 0 Å². The highest BCUT2D eigenvalue weighted by Gasteiger charge is 2.18. The fourth-order valence-corrected chi connectivity index (χ4v) is 4.45. The van der Waals surface area contributed by atoms with E-state index in [4.69, 9.17) is 0 Å². The van der Waals surface area contributed by atoms with E-state index < -0.39 is 0 Å². The Balaban J connectivity index is 1.47. The molecule has 1 amide bonds. The molecule has 0 aliphatic carbocycles. The number of aromatic nitrogens is 1. The molecule has 162 valence electrons. The van der Waals surface area contributed by atoms with Crippen molar-refractivity contribution in [3.05, 3.63) is 76.2 Å². The van der Waals surface area contributed by atoms with Crippen LogP contribution in [0.3, 0.4) is 0 Å². The summed E-state index contributed by atoms with van der Waals surface area (Å²) in [6.07, 6.45) is 5.24. The zero-order valence-corrected chi connectivity index (χ0v) is 18.4. The van der Waals surface area contributed by atoms with Crippen LogP contribution in [-0.4, -0.2) is 35.5 Å². The molecule has 0 spiro atoms. The molecule has 1 aromatic heterocycles. The lowest BCUT2D eigenvalue weighted by Crippen LogP contribution is -2.33. The second kappa shape index (κ2) is 9.48. The summed E-state index contributed by atoms with van der Waals surface area (Å²) < 4.78 is 1.84. The molecule has 2 heterocycles. The maximum Gasteiger partial charge on any atom is 0.258 e. The van der Waals surface area contributed by atoms with Crippen molar-refractivity contribution in [3.8, 4) is 0 Å². The fourth-order valence-electron chi connectivity index (χ4n) is 4.45. The van der Waals surface area contributed by atoms with E-state index in [-0.39, 0.29) is 11.5 Å². The quantitative estimate of drug-likeness (QED) is 0.653. The predicted octanol–water partition coefficient (Wildman–Crippen LogP) is 4.22. The van der Waals surface area contributed by atoms with Gasteiger partial charge in [0.2, 0.25) is 5.91 Å². The summed E-state index contributed by atoms with van der Waals surface area (Å²) in [5.41, 5.74) is 3.11. The van der Waals surface area contributed by atoms with E-state index in [0.29, 0.717) is 29.8 Å². The van der Waals surface area contributed by atoms with Crippen molar-refractivity contribution in [1.29, 1.82) is 0 Å². The molecule has 2 aromatic carbocycles. The number of aryl methyl sites for hydroxylation is 2. The Bertz CT molecular complexity index is 1130. The van der Waals surface area contributed by atoms with Gasteiger partial charge in [-0.3, -0.25) is 9.59 Å². The number of anilines is 1. The lowest BCUT2D eigenvalue weighted by Gasteiger charge is -2.29. The average molecular weight is 418 g/mol. The van der Waals surface area contributed by atoms with E-state index in [9.17, 15) is 9.59 Å². The number of piperidine rings is 1. The molecule has 1 saturated heterocycles. The normalized spacial score (nSPS) is 15.3. The van der Waals surface area contributed by atoms with Gasteiger partial charge < -0.3 is 14.8 Å². The number of amides is 1. The van der Waals surface area contributed by atoms with Crippen LogP contribution in [0.15, 0.2) is 59.5 Å². The van der Waals surface area contributed by atoms with Crippen LogP contribution in [0.25, 0.3) is 10.8 Å². The van der Waals surface area contributed by atoms with Crippen molar-refractivity contribution < 1.29 is 4.79 Å². The SMILES string of the molecule is Cc1ccccc1CCC(=O)Nc1cccc2c(=O)n(CC3CCN(C)CC3)ccc12. The van der Waals surface area contributed by atoms with Gasteiger partial charge >= 0.3 is 0 Å². The maximum absolute atomic E-state index is 13.1. The molecule has 1 aliphatic heterocycles. The topological polar surface area (TPSA) is 54.3 Å². The first-order valence-corrected chi connectivity index (χ1v) is 11.2. The number of benzene rings is 2. The molecule has 0 bridgehead atoms. The van der Waals surface area contributed by atoms with Gasteiger partial charge in [0, 0.05) is 35.6 Å². The lowest BCUT2D eigenvalue weighted by atomic mass is 9.97. The van der Waals surface area contributed by atoms with Crippen LogP contribution >= 0.6 is 0 Å². The molecule has 0 unspecified atom stereocenters. The average Bonchev–Trinajstić information content (AvgIpc) is 2.77. The maximum atomic E-state index is 13.1. The summed E-state index contributed by atoms with van der Waals surface area (Å²) in [6.45, 7) is 5.00. The molecule has 0 atom stereocenters. The summed E-state index contributed by atoms with van der Waals surface area (Å²) in [7, 11) is 2.15. The van der Waals surface area contributed by atoms with Gasteiger partial charge in [0.25, 0.3) is 5.56 Å². The molecule has 5 nitrogen and oxygen atoms in total. The Labute approximate surface area is 183 Å². The monoisotopic (exact) mass is 417 g/mol. The lowest BCUT2D eigenvalue weighted by molar-refractivity contribution is -0.116. The van der Waals surface area contributed by atoms with Crippen molar-refractivity contribution in [2.24, 2.45) is 5.92 Å². The predicted molar refractivity (Wildman–Crippen MR) is 127 cm³/mol. The van der Waals surface area contributed by atoms with Gasteiger partial charge in [-0.05, 0) is 81.6 Å². The highest BCUT2D eigenvalue weighted by Crippen LogP contribution is 2.23.